The molecule has 0 saturated carbocycles. The van der Waals surface area contributed by atoms with Crippen molar-refractivity contribution < 1.29 is 14.3 Å². The Bertz CT molecular complexity index is 343. The van der Waals surface area contributed by atoms with Crippen LogP contribution < -0.4 is 4.74 Å². The van der Waals surface area contributed by atoms with Crippen LogP contribution >= 0.6 is 0 Å². The van der Waals surface area contributed by atoms with Crippen LogP contribution in [0.1, 0.15) is 44.0 Å². The molecule has 94 valence electrons. The highest BCUT2D eigenvalue weighted by Crippen LogP contribution is 2.15. The molecule has 0 fully saturated rings. The van der Waals surface area contributed by atoms with E-state index in [0.29, 0.717) is 12.2 Å². The molecule has 0 N–H and O–H groups in total. The second-order valence-electron chi connectivity index (χ2n) is 4.00. The fourth-order valence-corrected chi connectivity index (χ4v) is 1.26. The van der Waals surface area contributed by atoms with Crippen molar-refractivity contribution in [3.63, 3.8) is 0 Å². The molecule has 1 unspecified atom stereocenters. The van der Waals surface area contributed by atoms with E-state index in [4.69, 9.17) is 9.47 Å². The van der Waals surface area contributed by atoms with Gasteiger partial charge in [0.2, 0.25) is 0 Å². The maximum absolute atomic E-state index is 11.5. The topological polar surface area (TPSA) is 35.5 Å². The van der Waals surface area contributed by atoms with Gasteiger partial charge in [0, 0.05) is 0 Å². The molecule has 0 heterocycles. The minimum Gasteiger partial charge on any atom is -0.491 e. The first kappa shape index (κ1) is 13.6. The summed E-state index contributed by atoms with van der Waals surface area (Å²) < 4.78 is 10.7. The first-order chi connectivity index (χ1) is 8.17. The van der Waals surface area contributed by atoms with Crippen LogP contribution in [0.4, 0.5) is 0 Å². The lowest BCUT2D eigenvalue weighted by Gasteiger charge is -2.12. The van der Waals surface area contributed by atoms with Gasteiger partial charge in [-0.15, -0.1) is 0 Å². The summed E-state index contributed by atoms with van der Waals surface area (Å²) in [5, 5.41) is 0. The largest absolute Gasteiger partial charge is 0.491 e. The van der Waals surface area contributed by atoms with Gasteiger partial charge in [-0.25, -0.2) is 4.79 Å². The number of carbonyl (C=O) groups excluding carboxylic acids is 1. The third-order valence-corrected chi connectivity index (χ3v) is 2.44. The van der Waals surface area contributed by atoms with E-state index in [1.54, 1.807) is 24.3 Å². The maximum atomic E-state index is 11.5. The lowest BCUT2D eigenvalue weighted by molar-refractivity contribution is 0.0505. The SMILES string of the molecule is CCCOC(=O)c1ccc(OC(C)CC)cc1. The normalized spacial score (nSPS) is 11.9. The molecule has 0 spiro atoms. The molecule has 17 heavy (non-hydrogen) atoms. The molecule has 1 rings (SSSR count). The minimum absolute atomic E-state index is 0.188. The van der Waals surface area contributed by atoms with Crippen LogP contribution in [0.5, 0.6) is 5.75 Å². The van der Waals surface area contributed by atoms with Crippen LogP contribution in [0.15, 0.2) is 24.3 Å². The summed E-state index contributed by atoms with van der Waals surface area (Å²) in [5.74, 6) is 0.508. The number of ether oxygens (including phenoxy) is 2. The van der Waals surface area contributed by atoms with Crippen LogP contribution in [0, 0.1) is 0 Å². The van der Waals surface area contributed by atoms with Gasteiger partial charge in [-0.2, -0.15) is 0 Å². The molecule has 0 amide bonds. The summed E-state index contributed by atoms with van der Waals surface area (Å²) in [5.41, 5.74) is 0.565. The molecule has 0 bridgehead atoms. The van der Waals surface area contributed by atoms with Crippen LogP contribution in [0.25, 0.3) is 0 Å². The Labute approximate surface area is 103 Å². The maximum Gasteiger partial charge on any atom is 0.338 e. The molecule has 0 aliphatic heterocycles. The third kappa shape index (κ3) is 4.47. The van der Waals surface area contributed by atoms with Gasteiger partial charge in [0.25, 0.3) is 0 Å². The summed E-state index contributed by atoms with van der Waals surface area (Å²) in [4.78, 5) is 11.5. The van der Waals surface area contributed by atoms with E-state index in [-0.39, 0.29) is 12.1 Å². The molecule has 0 radical (unpaired) electrons. The van der Waals surface area contributed by atoms with Crippen LogP contribution in [-0.4, -0.2) is 18.7 Å². The molecular weight excluding hydrogens is 216 g/mol. The van der Waals surface area contributed by atoms with Gasteiger partial charge in [0.05, 0.1) is 18.3 Å². The second-order valence-corrected chi connectivity index (χ2v) is 4.00. The Kier molecular flexibility index (Phi) is 5.53. The Morgan fingerprint density at radius 2 is 1.88 bits per heavy atom. The van der Waals surface area contributed by atoms with Crippen molar-refractivity contribution in [2.24, 2.45) is 0 Å². The van der Waals surface area contributed by atoms with Crippen LogP contribution in [0.3, 0.4) is 0 Å². The highest BCUT2D eigenvalue weighted by Gasteiger charge is 2.07. The monoisotopic (exact) mass is 236 g/mol. The average molecular weight is 236 g/mol. The third-order valence-electron chi connectivity index (χ3n) is 2.44. The van der Waals surface area contributed by atoms with E-state index in [1.165, 1.54) is 0 Å². The molecule has 1 aromatic carbocycles. The summed E-state index contributed by atoms with van der Waals surface area (Å²) in [6.07, 6.45) is 1.98. The Hall–Kier alpha value is -1.51. The lowest BCUT2D eigenvalue weighted by atomic mass is 10.2. The number of esters is 1. The quantitative estimate of drug-likeness (QED) is 0.710. The number of hydrogen-bond donors (Lipinski definition) is 0. The second kappa shape index (κ2) is 6.94. The minimum atomic E-state index is -0.276. The molecule has 0 aliphatic carbocycles. The van der Waals surface area contributed by atoms with Crippen molar-refractivity contribution in [2.75, 3.05) is 6.61 Å². The fourth-order valence-electron chi connectivity index (χ4n) is 1.26. The smallest absolute Gasteiger partial charge is 0.338 e. The van der Waals surface area contributed by atoms with Crippen molar-refractivity contribution in [3.05, 3.63) is 29.8 Å². The van der Waals surface area contributed by atoms with E-state index >= 15 is 0 Å². The zero-order valence-electron chi connectivity index (χ0n) is 10.7. The predicted molar refractivity (Wildman–Crippen MR) is 67.4 cm³/mol. The summed E-state index contributed by atoms with van der Waals surface area (Å²) in [7, 11) is 0. The van der Waals surface area contributed by atoms with E-state index in [0.717, 1.165) is 18.6 Å². The van der Waals surface area contributed by atoms with Gasteiger partial charge < -0.3 is 9.47 Å². The Morgan fingerprint density at radius 3 is 2.41 bits per heavy atom. The Morgan fingerprint density at radius 1 is 1.24 bits per heavy atom. The molecule has 0 saturated heterocycles. The van der Waals surface area contributed by atoms with E-state index < -0.39 is 0 Å². The summed E-state index contributed by atoms with van der Waals surface area (Å²) in [6.45, 7) is 6.52. The standard InChI is InChI=1S/C14H20O3/c1-4-10-16-14(15)12-6-8-13(9-7-12)17-11(3)5-2/h6-9,11H,4-5,10H2,1-3H3. The predicted octanol–water partition coefficient (Wildman–Crippen LogP) is 3.43. The lowest BCUT2D eigenvalue weighted by Crippen LogP contribution is -2.10. The molecule has 3 heteroatoms. The van der Waals surface area contributed by atoms with E-state index in [2.05, 4.69) is 6.92 Å². The van der Waals surface area contributed by atoms with Crippen molar-refractivity contribution in [2.45, 2.75) is 39.7 Å². The van der Waals surface area contributed by atoms with Gasteiger partial charge in [-0.1, -0.05) is 13.8 Å². The van der Waals surface area contributed by atoms with E-state index in [9.17, 15) is 4.79 Å². The van der Waals surface area contributed by atoms with E-state index in [1.807, 2.05) is 13.8 Å². The summed E-state index contributed by atoms with van der Waals surface area (Å²) >= 11 is 0. The molecule has 0 aliphatic rings. The Balaban J connectivity index is 2.58. The number of rotatable bonds is 6. The zero-order valence-corrected chi connectivity index (χ0v) is 10.7. The molecular formula is C14H20O3. The first-order valence-corrected chi connectivity index (χ1v) is 6.11. The van der Waals surface area contributed by atoms with Crippen LogP contribution in [-0.2, 0) is 4.74 Å². The number of benzene rings is 1. The molecule has 1 aromatic rings. The van der Waals surface area contributed by atoms with Gasteiger partial charge >= 0.3 is 5.97 Å². The van der Waals surface area contributed by atoms with Crippen molar-refractivity contribution in [1.29, 1.82) is 0 Å². The van der Waals surface area contributed by atoms with Gasteiger partial charge in [0.15, 0.2) is 0 Å². The van der Waals surface area contributed by atoms with Gasteiger partial charge in [-0.05, 0) is 44.0 Å². The van der Waals surface area contributed by atoms with Crippen LogP contribution in [0.2, 0.25) is 0 Å². The van der Waals surface area contributed by atoms with Crippen molar-refractivity contribution >= 4 is 5.97 Å². The average Bonchev–Trinajstić information content (AvgIpc) is 2.36. The highest BCUT2D eigenvalue weighted by atomic mass is 16.5. The molecule has 0 aromatic heterocycles. The molecule has 3 nitrogen and oxygen atoms in total. The first-order valence-electron chi connectivity index (χ1n) is 6.11. The number of carbonyl (C=O) groups is 1. The van der Waals surface area contributed by atoms with Gasteiger partial charge in [0.1, 0.15) is 5.75 Å². The van der Waals surface area contributed by atoms with Crippen molar-refractivity contribution in [3.8, 4) is 5.75 Å². The molecule has 1 atom stereocenters. The zero-order chi connectivity index (χ0) is 12.7. The van der Waals surface area contributed by atoms with Gasteiger partial charge in [-0.3, -0.25) is 0 Å². The number of hydrogen-bond acceptors (Lipinski definition) is 3. The summed E-state index contributed by atoms with van der Waals surface area (Å²) in [6, 6.07) is 7.06. The fraction of sp³-hybridized carbons (Fsp3) is 0.500. The highest BCUT2D eigenvalue weighted by molar-refractivity contribution is 5.89. The van der Waals surface area contributed by atoms with Crippen molar-refractivity contribution in [1.82, 2.24) is 0 Å².